The molecule has 0 aromatic rings. The van der Waals surface area contributed by atoms with E-state index in [4.69, 9.17) is 14.7 Å². The molecule has 2 unspecified atom stereocenters. The zero-order valence-corrected chi connectivity index (χ0v) is 10.2. The average Bonchev–Trinajstić information content (AvgIpc) is 2.57. The fourth-order valence-electron chi connectivity index (χ4n) is 2.16. The van der Waals surface area contributed by atoms with Gasteiger partial charge in [-0.15, -0.1) is 0 Å². The Morgan fingerprint density at radius 2 is 2.36 bits per heavy atom. The number of nitrogens with zero attached hydrogens (tertiary/aromatic N) is 1. The zero-order chi connectivity index (χ0) is 10.0. The van der Waals surface area contributed by atoms with E-state index in [1.165, 1.54) is 6.42 Å². The quantitative estimate of drug-likeness (QED) is 0.552. The van der Waals surface area contributed by atoms with Gasteiger partial charge < -0.3 is 9.47 Å². The molecule has 1 spiro atoms. The van der Waals surface area contributed by atoms with E-state index in [0.717, 1.165) is 25.9 Å². The van der Waals surface area contributed by atoms with Crippen LogP contribution in [-0.2, 0) is 9.47 Å². The molecule has 0 aliphatic carbocycles. The highest BCUT2D eigenvalue weighted by Crippen LogP contribution is 2.42. The number of hydrogen-bond donors (Lipinski definition) is 0. The lowest BCUT2D eigenvalue weighted by Crippen LogP contribution is -2.45. The highest BCUT2D eigenvalue weighted by Gasteiger charge is 2.47. The Morgan fingerprint density at radius 1 is 1.50 bits per heavy atom. The Labute approximate surface area is 97.9 Å². The molecule has 78 valence electrons. The van der Waals surface area contributed by atoms with Crippen LogP contribution in [0.1, 0.15) is 32.1 Å². The van der Waals surface area contributed by atoms with Gasteiger partial charge in [-0.2, -0.15) is 5.26 Å². The van der Waals surface area contributed by atoms with Crippen LogP contribution in [-0.4, -0.2) is 22.4 Å². The van der Waals surface area contributed by atoms with Gasteiger partial charge in [-0.3, -0.25) is 0 Å². The van der Waals surface area contributed by atoms with E-state index in [-0.39, 0.29) is 11.9 Å². The van der Waals surface area contributed by atoms with Crippen LogP contribution in [0.2, 0.25) is 0 Å². The van der Waals surface area contributed by atoms with Crippen LogP contribution in [0.5, 0.6) is 0 Å². The van der Waals surface area contributed by atoms with E-state index in [0.29, 0.717) is 10.3 Å². The Hall–Kier alpha value is 0.140. The Kier molecular flexibility index (Phi) is 3.30. The molecule has 2 fully saturated rings. The van der Waals surface area contributed by atoms with Crippen molar-refractivity contribution < 1.29 is 9.47 Å². The van der Waals surface area contributed by atoms with Crippen molar-refractivity contribution in [3.8, 4) is 6.07 Å². The summed E-state index contributed by atoms with van der Waals surface area (Å²) in [4.78, 5) is 0. The van der Waals surface area contributed by atoms with Gasteiger partial charge in [-0.05, 0) is 19.3 Å². The van der Waals surface area contributed by atoms with Gasteiger partial charge in [0.25, 0.3) is 0 Å². The van der Waals surface area contributed by atoms with E-state index >= 15 is 0 Å². The first-order valence-corrected chi connectivity index (χ1v) is 6.34. The zero-order valence-electron chi connectivity index (χ0n) is 8.04. The average molecular weight is 307 g/mol. The molecule has 2 heterocycles. The van der Waals surface area contributed by atoms with Crippen molar-refractivity contribution in [3.63, 3.8) is 0 Å². The smallest absolute Gasteiger partial charge is 0.180 e. The molecule has 0 amide bonds. The SMILES string of the molecule is N#CCC1CC[C@]2(OCCCC2I)O1. The molecule has 0 saturated carbocycles. The van der Waals surface area contributed by atoms with Gasteiger partial charge in [0, 0.05) is 6.42 Å². The Bertz CT molecular complexity index is 253. The summed E-state index contributed by atoms with van der Waals surface area (Å²) >= 11 is 2.42. The summed E-state index contributed by atoms with van der Waals surface area (Å²) in [7, 11) is 0. The first kappa shape index (κ1) is 10.7. The van der Waals surface area contributed by atoms with Crippen LogP contribution in [0, 0.1) is 11.3 Å². The summed E-state index contributed by atoms with van der Waals surface area (Å²) in [6, 6.07) is 2.16. The van der Waals surface area contributed by atoms with Crippen LogP contribution < -0.4 is 0 Å². The van der Waals surface area contributed by atoms with Crippen molar-refractivity contribution in [1.82, 2.24) is 0 Å². The minimum absolute atomic E-state index is 0.0929. The Morgan fingerprint density at radius 3 is 3.07 bits per heavy atom. The Balaban J connectivity index is 2.00. The second-order valence-corrected chi connectivity index (χ2v) is 5.41. The maximum atomic E-state index is 8.61. The third kappa shape index (κ3) is 1.90. The van der Waals surface area contributed by atoms with Gasteiger partial charge in [-0.1, -0.05) is 22.6 Å². The minimum atomic E-state index is -0.361. The first-order chi connectivity index (χ1) is 6.77. The van der Waals surface area contributed by atoms with Crippen molar-refractivity contribution in [2.75, 3.05) is 6.61 Å². The summed E-state index contributed by atoms with van der Waals surface area (Å²) in [5.74, 6) is -0.361. The minimum Gasteiger partial charge on any atom is -0.349 e. The van der Waals surface area contributed by atoms with E-state index in [9.17, 15) is 0 Å². The first-order valence-electron chi connectivity index (χ1n) is 5.09. The van der Waals surface area contributed by atoms with Gasteiger partial charge in [0.15, 0.2) is 5.79 Å². The summed E-state index contributed by atoms with van der Waals surface area (Å²) in [6.45, 7) is 0.804. The summed E-state index contributed by atoms with van der Waals surface area (Å²) in [5.41, 5.74) is 0. The van der Waals surface area contributed by atoms with Crippen molar-refractivity contribution >= 4 is 22.6 Å². The van der Waals surface area contributed by atoms with Gasteiger partial charge >= 0.3 is 0 Å². The molecule has 2 aliphatic rings. The molecule has 4 heteroatoms. The second kappa shape index (κ2) is 4.33. The van der Waals surface area contributed by atoms with Crippen LogP contribution in [0.15, 0.2) is 0 Å². The van der Waals surface area contributed by atoms with Crippen molar-refractivity contribution in [2.45, 2.75) is 47.9 Å². The molecule has 0 N–H and O–H groups in total. The topological polar surface area (TPSA) is 42.2 Å². The molecule has 0 aromatic carbocycles. The number of hydrogen-bond acceptors (Lipinski definition) is 3. The monoisotopic (exact) mass is 307 g/mol. The maximum absolute atomic E-state index is 8.61. The van der Waals surface area contributed by atoms with Gasteiger partial charge in [-0.25, -0.2) is 0 Å². The van der Waals surface area contributed by atoms with Gasteiger partial charge in [0.2, 0.25) is 0 Å². The lowest BCUT2D eigenvalue weighted by molar-refractivity contribution is -0.236. The van der Waals surface area contributed by atoms with Crippen LogP contribution >= 0.6 is 22.6 Å². The summed E-state index contributed by atoms with van der Waals surface area (Å²) < 4.78 is 12.1. The van der Waals surface area contributed by atoms with Crippen molar-refractivity contribution in [1.29, 1.82) is 5.26 Å². The van der Waals surface area contributed by atoms with E-state index in [1.54, 1.807) is 0 Å². The van der Waals surface area contributed by atoms with Crippen LogP contribution in [0.4, 0.5) is 0 Å². The normalized spacial score (nSPS) is 42.6. The fourth-order valence-corrected chi connectivity index (χ4v) is 3.24. The standard InChI is InChI=1S/C10H14INO2/c11-9-2-1-7-13-10(9)5-3-8(14-10)4-6-12/h8-9H,1-5,7H2/t8?,9?,10-/m0/s1. The lowest BCUT2D eigenvalue weighted by Gasteiger charge is -2.37. The second-order valence-electron chi connectivity index (χ2n) is 3.91. The highest BCUT2D eigenvalue weighted by molar-refractivity contribution is 14.1. The van der Waals surface area contributed by atoms with Crippen molar-refractivity contribution in [3.05, 3.63) is 0 Å². The van der Waals surface area contributed by atoms with E-state index in [1.807, 2.05) is 0 Å². The van der Waals surface area contributed by atoms with Gasteiger partial charge in [0.05, 0.1) is 29.1 Å². The summed E-state index contributed by atoms with van der Waals surface area (Å²) in [5, 5.41) is 8.61. The molecule has 2 rings (SSSR count). The third-order valence-corrected chi connectivity index (χ3v) is 4.50. The molecule has 3 atom stereocenters. The molecule has 2 saturated heterocycles. The number of halogens is 1. The largest absolute Gasteiger partial charge is 0.349 e. The molecule has 0 radical (unpaired) electrons. The third-order valence-electron chi connectivity index (χ3n) is 2.93. The van der Waals surface area contributed by atoms with Crippen molar-refractivity contribution in [2.24, 2.45) is 0 Å². The molecular formula is C10H14INO2. The van der Waals surface area contributed by atoms with E-state index < -0.39 is 0 Å². The van der Waals surface area contributed by atoms with Gasteiger partial charge in [0.1, 0.15) is 0 Å². The maximum Gasteiger partial charge on any atom is 0.180 e. The van der Waals surface area contributed by atoms with Crippen LogP contribution in [0.3, 0.4) is 0 Å². The summed E-state index contributed by atoms with van der Waals surface area (Å²) in [6.07, 6.45) is 4.80. The predicted octanol–water partition coefficient (Wildman–Crippen LogP) is 2.39. The molecule has 0 bridgehead atoms. The number of ether oxygens (including phenoxy) is 2. The molecule has 2 aliphatic heterocycles. The molecule has 0 aromatic heterocycles. The van der Waals surface area contributed by atoms with E-state index in [2.05, 4.69) is 28.7 Å². The highest BCUT2D eigenvalue weighted by atomic mass is 127. The number of rotatable bonds is 1. The fraction of sp³-hybridized carbons (Fsp3) is 0.900. The predicted molar refractivity (Wildman–Crippen MR) is 60.1 cm³/mol. The molecule has 14 heavy (non-hydrogen) atoms. The molecular weight excluding hydrogens is 293 g/mol. The number of nitriles is 1. The van der Waals surface area contributed by atoms with Crippen LogP contribution in [0.25, 0.3) is 0 Å². The number of alkyl halides is 1. The molecule has 3 nitrogen and oxygen atoms in total. The lowest BCUT2D eigenvalue weighted by atomic mass is 10.0.